The number of nitrogens with zero attached hydrogens (tertiary/aromatic N) is 4. The molecule has 1 N–H and O–H groups in total. The maximum atomic E-state index is 12.5. The second kappa shape index (κ2) is 8.11. The highest BCUT2D eigenvalue weighted by atomic mass is 32.2. The summed E-state index contributed by atoms with van der Waals surface area (Å²) < 4.78 is 25.1. The van der Waals surface area contributed by atoms with Crippen LogP contribution in [0, 0.1) is 0 Å². The summed E-state index contributed by atoms with van der Waals surface area (Å²) in [5.74, 6) is -0.476. The third-order valence-electron chi connectivity index (χ3n) is 3.90. The van der Waals surface area contributed by atoms with E-state index in [2.05, 4.69) is 20.5 Å². The minimum Gasteiger partial charge on any atom is -0.321 e. The van der Waals surface area contributed by atoms with Gasteiger partial charge in [0.2, 0.25) is 0 Å². The molecule has 1 atom stereocenters. The van der Waals surface area contributed by atoms with Crippen LogP contribution in [0.15, 0.2) is 59.0 Å². The summed E-state index contributed by atoms with van der Waals surface area (Å²) in [5.41, 5.74) is 1.64. The summed E-state index contributed by atoms with van der Waals surface area (Å²) in [6.07, 6.45) is 2.69. The standard InChI is InChI=1S/C18H19N5O3S2/c1-12(27-18-22-19-11-23(18)2)13-6-4-7-14(10-13)20-17(24)15-8-5-9-16(21-15)28(3,25)26/h4-12H,1-3H3,(H,20,24)/t12-/m0/s1. The zero-order valence-corrected chi connectivity index (χ0v) is 17.2. The first-order valence-corrected chi connectivity index (χ1v) is 11.1. The van der Waals surface area contributed by atoms with E-state index in [-0.39, 0.29) is 16.0 Å². The summed E-state index contributed by atoms with van der Waals surface area (Å²) in [7, 11) is -1.61. The second-order valence-corrected chi connectivity index (χ2v) is 9.47. The van der Waals surface area contributed by atoms with Gasteiger partial charge in [-0.2, -0.15) is 0 Å². The molecule has 0 aliphatic heterocycles. The lowest BCUT2D eigenvalue weighted by molar-refractivity contribution is 0.102. The average molecular weight is 418 g/mol. The van der Waals surface area contributed by atoms with Crippen LogP contribution >= 0.6 is 11.8 Å². The molecule has 0 saturated carbocycles. The van der Waals surface area contributed by atoms with Gasteiger partial charge in [0.15, 0.2) is 20.0 Å². The molecule has 28 heavy (non-hydrogen) atoms. The topological polar surface area (TPSA) is 107 Å². The lowest BCUT2D eigenvalue weighted by atomic mass is 10.1. The Balaban J connectivity index is 1.76. The van der Waals surface area contributed by atoms with Gasteiger partial charge in [0.25, 0.3) is 5.91 Å². The molecular weight excluding hydrogens is 398 g/mol. The Morgan fingerprint density at radius 1 is 1.21 bits per heavy atom. The highest BCUT2D eigenvalue weighted by Gasteiger charge is 2.15. The summed E-state index contributed by atoms with van der Waals surface area (Å²) in [6.45, 7) is 2.04. The Bertz CT molecular complexity index is 1110. The maximum Gasteiger partial charge on any atom is 0.274 e. The van der Waals surface area contributed by atoms with Gasteiger partial charge in [-0.3, -0.25) is 4.79 Å². The zero-order chi connectivity index (χ0) is 20.3. The smallest absolute Gasteiger partial charge is 0.274 e. The molecule has 0 aliphatic rings. The number of hydrogen-bond donors (Lipinski definition) is 1. The van der Waals surface area contributed by atoms with Crippen LogP contribution in [0.25, 0.3) is 0 Å². The van der Waals surface area contributed by atoms with Crippen LogP contribution < -0.4 is 5.32 Å². The molecule has 1 amide bonds. The van der Waals surface area contributed by atoms with Crippen molar-refractivity contribution in [1.82, 2.24) is 19.7 Å². The molecule has 0 saturated heterocycles. The first-order valence-electron chi connectivity index (χ1n) is 8.33. The molecule has 2 heterocycles. The minimum absolute atomic E-state index is 0.0369. The summed E-state index contributed by atoms with van der Waals surface area (Å²) in [4.78, 5) is 16.4. The molecule has 0 aliphatic carbocycles. The van der Waals surface area contributed by atoms with Crippen molar-refractivity contribution in [1.29, 1.82) is 0 Å². The lowest BCUT2D eigenvalue weighted by Crippen LogP contribution is -2.15. The fraction of sp³-hybridized carbons (Fsp3) is 0.222. The molecule has 0 fully saturated rings. The molecule has 0 unspecified atom stereocenters. The van der Waals surface area contributed by atoms with Crippen molar-refractivity contribution in [2.45, 2.75) is 22.4 Å². The minimum atomic E-state index is -3.49. The number of amides is 1. The summed E-state index contributed by atoms with van der Waals surface area (Å²) >= 11 is 1.56. The van der Waals surface area contributed by atoms with Gasteiger partial charge in [0, 0.05) is 24.2 Å². The Morgan fingerprint density at radius 2 is 1.96 bits per heavy atom. The van der Waals surface area contributed by atoms with E-state index in [0.29, 0.717) is 5.69 Å². The molecular formula is C18H19N5O3S2. The van der Waals surface area contributed by atoms with Crippen LogP contribution in [0.4, 0.5) is 5.69 Å². The number of sulfone groups is 1. The van der Waals surface area contributed by atoms with Gasteiger partial charge in [0.05, 0.1) is 0 Å². The predicted octanol–water partition coefficient (Wildman–Crippen LogP) is 2.72. The number of aromatic nitrogens is 4. The molecule has 3 rings (SSSR count). The highest BCUT2D eigenvalue weighted by Crippen LogP contribution is 2.34. The van der Waals surface area contributed by atoms with Crippen LogP contribution in [0.2, 0.25) is 0 Å². The lowest BCUT2D eigenvalue weighted by Gasteiger charge is -2.13. The van der Waals surface area contributed by atoms with Crippen molar-refractivity contribution in [2.75, 3.05) is 11.6 Å². The number of carbonyl (C=O) groups is 1. The Kier molecular flexibility index (Phi) is 5.80. The van der Waals surface area contributed by atoms with Crippen molar-refractivity contribution in [3.05, 3.63) is 60.0 Å². The first-order chi connectivity index (χ1) is 13.2. The van der Waals surface area contributed by atoms with E-state index in [1.165, 1.54) is 18.2 Å². The molecule has 2 aromatic heterocycles. The number of anilines is 1. The van der Waals surface area contributed by atoms with Crippen molar-refractivity contribution >= 4 is 33.2 Å². The van der Waals surface area contributed by atoms with Gasteiger partial charge in [-0.05, 0) is 36.8 Å². The van der Waals surface area contributed by atoms with Gasteiger partial charge in [-0.15, -0.1) is 10.2 Å². The molecule has 0 bridgehead atoms. The number of rotatable bonds is 6. The van der Waals surface area contributed by atoms with E-state index >= 15 is 0 Å². The number of pyridine rings is 1. The first kappa shape index (κ1) is 20.0. The van der Waals surface area contributed by atoms with E-state index in [1.54, 1.807) is 24.2 Å². The van der Waals surface area contributed by atoms with Crippen LogP contribution in [0.1, 0.15) is 28.2 Å². The van der Waals surface area contributed by atoms with E-state index < -0.39 is 15.7 Å². The molecule has 1 aromatic carbocycles. The van der Waals surface area contributed by atoms with Crippen molar-refractivity contribution in [3.63, 3.8) is 0 Å². The van der Waals surface area contributed by atoms with E-state index in [4.69, 9.17) is 0 Å². The highest BCUT2D eigenvalue weighted by molar-refractivity contribution is 7.99. The summed E-state index contributed by atoms with van der Waals surface area (Å²) in [6, 6.07) is 11.8. The van der Waals surface area contributed by atoms with Crippen LogP contribution in [0.5, 0.6) is 0 Å². The van der Waals surface area contributed by atoms with Crippen molar-refractivity contribution < 1.29 is 13.2 Å². The fourth-order valence-corrected chi connectivity index (χ4v) is 3.91. The maximum absolute atomic E-state index is 12.5. The Morgan fingerprint density at radius 3 is 2.64 bits per heavy atom. The third-order valence-corrected chi connectivity index (χ3v) is 6.10. The van der Waals surface area contributed by atoms with E-state index in [9.17, 15) is 13.2 Å². The Hall–Kier alpha value is -2.72. The van der Waals surface area contributed by atoms with Gasteiger partial charge in [0.1, 0.15) is 12.0 Å². The van der Waals surface area contributed by atoms with E-state index in [1.807, 2.05) is 36.7 Å². The molecule has 0 spiro atoms. The van der Waals surface area contributed by atoms with Crippen molar-refractivity contribution in [3.8, 4) is 0 Å². The predicted molar refractivity (Wildman–Crippen MR) is 107 cm³/mol. The van der Waals surface area contributed by atoms with Crippen LogP contribution in [0.3, 0.4) is 0 Å². The molecule has 0 radical (unpaired) electrons. The normalized spacial score (nSPS) is 12.5. The van der Waals surface area contributed by atoms with Crippen LogP contribution in [-0.2, 0) is 16.9 Å². The average Bonchev–Trinajstić information content (AvgIpc) is 3.06. The molecule has 146 valence electrons. The van der Waals surface area contributed by atoms with Crippen LogP contribution in [-0.4, -0.2) is 40.3 Å². The third kappa shape index (κ3) is 4.76. The number of thioether (sulfide) groups is 1. The second-order valence-electron chi connectivity index (χ2n) is 6.20. The zero-order valence-electron chi connectivity index (χ0n) is 15.5. The van der Waals surface area contributed by atoms with Gasteiger partial charge in [-0.1, -0.05) is 30.0 Å². The van der Waals surface area contributed by atoms with Gasteiger partial charge >= 0.3 is 0 Å². The number of carbonyl (C=O) groups excluding carboxylic acids is 1. The SMILES string of the molecule is C[C@H](Sc1nncn1C)c1cccc(NC(=O)c2cccc(S(C)(=O)=O)n2)c1. The number of aryl methyl sites for hydroxylation is 1. The van der Waals surface area contributed by atoms with Gasteiger partial charge in [-0.25, -0.2) is 13.4 Å². The van der Waals surface area contributed by atoms with E-state index in [0.717, 1.165) is 17.0 Å². The number of benzene rings is 1. The number of nitrogens with one attached hydrogen (secondary N) is 1. The number of hydrogen-bond acceptors (Lipinski definition) is 7. The molecule has 8 nitrogen and oxygen atoms in total. The van der Waals surface area contributed by atoms with Crippen molar-refractivity contribution in [2.24, 2.45) is 7.05 Å². The summed E-state index contributed by atoms with van der Waals surface area (Å²) in [5, 5.41) is 11.4. The fourth-order valence-electron chi connectivity index (χ4n) is 2.42. The largest absolute Gasteiger partial charge is 0.321 e. The quantitative estimate of drug-likeness (QED) is 0.615. The Labute approximate surface area is 167 Å². The monoisotopic (exact) mass is 417 g/mol. The molecule has 10 heteroatoms. The molecule has 3 aromatic rings. The van der Waals surface area contributed by atoms with Gasteiger partial charge < -0.3 is 9.88 Å².